The number of aliphatic hydroxyl groups is 3. The second-order valence-corrected chi connectivity index (χ2v) is 3.71. The lowest BCUT2D eigenvalue weighted by molar-refractivity contribution is -0.220. The first-order chi connectivity index (χ1) is 5.04. The van der Waals surface area contributed by atoms with E-state index in [-0.39, 0.29) is 0 Å². The first-order valence-electron chi connectivity index (χ1n) is 3.37. The van der Waals surface area contributed by atoms with Gasteiger partial charge in [0, 0.05) is 0 Å². The van der Waals surface area contributed by atoms with Gasteiger partial charge in [0.05, 0.1) is 17.0 Å². The van der Waals surface area contributed by atoms with Gasteiger partial charge in [0.2, 0.25) is 0 Å². The number of hydrogen-bond acceptors (Lipinski definition) is 4. The fraction of sp³-hybridized carbons (Fsp3) is 1.00. The second-order valence-electron chi connectivity index (χ2n) is 2.66. The fourth-order valence-electron chi connectivity index (χ4n) is 1.01. The molecule has 0 amide bonds. The molecule has 1 aliphatic heterocycles. The predicted molar refractivity (Wildman–Crippen MR) is 41.3 cm³/mol. The van der Waals surface area contributed by atoms with Gasteiger partial charge in [-0.3, -0.25) is 0 Å². The molecule has 1 heterocycles. The smallest absolute Gasteiger partial charge is 0.170 e. The molecule has 0 saturated carbocycles. The molecule has 1 saturated heterocycles. The van der Waals surface area contributed by atoms with Crippen LogP contribution in [0.3, 0.4) is 0 Å². The van der Waals surface area contributed by atoms with Crippen LogP contribution in [0.1, 0.15) is 6.92 Å². The van der Waals surface area contributed by atoms with Gasteiger partial charge in [0.15, 0.2) is 6.29 Å². The van der Waals surface area contributed by atoms with Gasteiger partial charge in [-0.2, -0.15) is 0 Å². The summed E-state index contributed by atoms with van der Waals surface area (Å²) in [4.78, 5) is -0.617. The third kappa shape index (κ3) is 1.73. The van der Waals surface area contributed by atoms with Crippen molar-refractivity contribution >= 4 is 15.9 Å². The van der Waals surface area contributed by atoms with Crippen molar-refractivity contribution in [2.75, 3.05) is 0 Å². The summed E-state index contributed by atoms with van der Waals surface area (Å²) in [7, 11) is 0. The summed E-state index contributed by atoms with van der Waals surface area (Å²) in [6.45, 7) is 1.59. The van der Waals surface area contributed by atoms with Gasteiger partial charge in [0.1, 0.15) is 6.10 Å². The van der Waals surface area contributed by atoms with Gasteiger partial charge in [-0.1, -0.05) is 15.9 Å². The van der Waals surface area contributed by atoms with Crippen molar-refractivity contribution in [2.24, 2.45) is 0 Å². The number of halogens is 1. The molecule has 0 aromatic heterocycles. The Labute approximate surface area is 72.9 Å². The Morgan fingerprint density at radius 3 is 2.27 bits per heavy atom. The second kappa shape index (κ2) is 3.37. The molecule has 1 rings (SSSR count). The summed E-state index contributed by atoms with van der Waals surface area (Å²) in [5.41, 5.74) is 0. The van der Waals surface area contributed by atoms with Gasteiger partial charge >= 0.3 is 0 Å². The van der Waals surface area contributed by atoms with Crippen LogP contribution in [0, 0.1) is 0 Å². The van der Waals surface area contributed by atoms with Crippen molar-refractivity contribution in [3.8, 4) is 0 Å². The van der Waals surface area contributed by atoms with E-state index in [4.69, 9.17) is 9.84 Å². The van der Waals surface area contributed by atoms with E-state index in [1.165, 1.54) is 0 Å². The Morgan fingerprint density at radius 1 is 1.18 bits per heavy atom. The topological polar surface area (TPSA) is 69.9 Å². The first kappa shape index (κ1) is 9.41. The van der Waals surface area contributed by atoms with Crippen LogP contribution in [0.5, 0.6) is 0 Å². The SMILES string of the molecule is CC1O[C@@H](O)[C@@H](Br)C(O)[C@@H]1O. The van der Waals surface area contributed by atoms with Crippen molar-refractivity contribution in [3.63, 3.8) is 0 Å². The average molecular weight is 227 g/mol. The zero-order chi connectivity index (χ0) is 8.59. The lowest BCUT2D eigenvalue weighted by atomic mass is 10.0. The van der Waals surface area contributed by atoms with E-state index in [0.717, 1.165) is 0 Å². The molecule has 0 aliphatic carbocycles. The number of aliphatic hydroxyl groups excluding tert-OH is 3. The maximum Gasteiger partial charge on any atom is 0.170 e. The summed E-state index contributed by atoms with van der Waals surface area (Å²) >= 11 is 3.00. The number of hydrogen-bond donors (Lipinski definition) is 3. The predicted octanol–water partition coefficient (Wildman–Crippen LogP) is -0.791. The standard InChI is InChI=1S/C6H11BrO4/c1-2-4(8)5(9)3(7)6(10)11-2/h2-6,8-10H,1H3/t2?,3-,4+,5?,6+/m0/s1. The molecule has 5 heteroatoms. The Morgan fingerprint density at radius 2 is 1.73 bits per heavy atom. The third-order valence-corrected chi connectivity index (χ3v) is 2.78. The van der Waals surface area contributed by atoms with Crippen LogP contribution in [0.25, 0.3) is 0 Å². The van der Waals surface area contributed by atoms with E-state index in [1.54, 1.807) is 6.92 Å². The highest BCUT2D eigenvalue weighted by Gasteiger charge is 2.40. The molecule has 5 atom stereocenters. The Hall–Kier alpha value is 0.320. The maximum absolute atomic E-state index is 9.25. The summed E-state index contributed by atoms with van der Waals surface area (Å²) < 4.78 is 4.88. The van der Waals surface area contributed by atoms with Crippen LogP contribution in [-0.2, 0) is 4.74 Å². The monoisotopic (exact) mass is 226 g/mol. The van der Waals surface area contributed by atoms with Crippen LogP contribution >= 0.6 is 15.9 Å². The first-order valence-corrected chi connectivity index (χ1v) is 4.29. The lowest BCUT2D eigenvalue weighted by Crippen LogP contribution is -2.54. The molecule has 66 valence electrons. The normalized spacial score (nSPS) is 52.6. The summed E-state index contributed by atoms with van der Waals surface area (Å²) in [5.74, 6) is 0. The Balaban J connectivity index is 2.63. The highest BCUT2D eigenvalue weighted by atomic mass is 79.9. The number of rotatable bonds is 0. The molecule has 1 fully saturated rings. The van der Waals surface area contributed by atoms with Gasteiger partial charge in [-0.15, -0.1) is 0 Å². The minimum atomic E-state index is -1.05. The van der Waals surface area contributed by atoms with E-state index in [2.05, 4.69) is 15.9 Å². The number of alkyl halides is 1. The summed E-state index contributed by atoms with van der Waals surface area (Å²) in [5, 5.41) is 27.6. The van der Waals surface area contributed by atoms with Crippen LogP contribution in [0.2, 0.25) is 0 Å². The van der Waals surface area contributed by atoms with Crippen molar-refractivity contribution in [1.29, 1.82) is 0 Å². The molecule has 3 N–H and O–H groups in total. The van der Waals surface area contributed by atoms with Crippen molar-refractivity contribution < 1.29 is 20.1 Å². The van der Waals surface area contributed by atoms with Crippen LogP contribution in [0.15, 0.2) is 0 Å². The van der Waals surface area contributed by atoms with E-state index in [0.29, 0.717) is 0 Å². The highest BCUT2D eigenvalue weighted by Crippen LogP contribution is 2.24. The highest BCUT2D eigenvalue weighted by molar-refractivity contribution is 9.09. The molecule has 0 radical (unpaired) electrons. The molecule has 4 nitrogen and oxygen atoms in total. The van der Waals surface area contributed by atoms with Crippen molar-refractivity contribution in [2.45, 2.75) is 36.4 Å². The van der Waals surface area contributed by atoms with Crippen LogP contribution < -0.4 is 0 Å². The third-order valence-electron chi connectivity index (χ3n) is 1.78. The zero-order valence-electron chi connectivity index (χ0n) is 6.01. The zero-order valence-corrected chi connectivity index (χ0v) is 7.60. The molecule has 11 heavy (non-hydrogen) atoms. The van der Waals surface area contributed by atoms with Gasteiger partial charge in [-0.05, 0) is 6.92 Å². The van der Waals surface area contributed by atoms with Gasteiger partial charge < -0.3 is 20.1 Å². The molecule has 0 aromatic rings. The van der Waals surface area contributed by atoms with Crippen molar-refractivity contribution in [1.82, 2.24) is 0 Å². The number of ether oxygens (including phenoxy) is 1. The largest absolute Gasteiger partial charge is 0.389 e. The summed E-state index contributed by atoms with van der Waals surface area (Å²) in [6, 6.07) is 0. The minimum absolute atomic E-state index is 0.534. The molecule has 2 unspecified atom stereocenters. The van der Waals surface area contributed by atoms with Crippen LogP contribution in [0.4, 0.5) is 0 Å². The molecule has 1 aliphatic rings. The lowest BCUT2D eigenvalue weighted by Gasteiger charge is -2.36. The maximum atomic E-state index is 9.25. The molecule has 0 bridgehead atoms. The Bertz CT molecular complexity index is 129. The molecule has 0 spiro atoms. The van der Waals surface area contributed by atoms with Crippen molar-refractivity contribution in [3.05, 3.63) is 0 Å². The van der Waals surface area contributed by atoms with E-state index in [9.17, 15) is 10.2 Å². The van der Waals surface area contributed by atoms with Crippen LogP contribution in [-0.4, -0.2) is 44.7 Å². The minimum Gasteiger partial charge on any atom is -0.389 e. The average Bonchev–Trinajstić information content (AvgIpc) is 1.97. The van der Waals surface area contributed by atoms with Gasteiger partial charge in [0.25, 0.3) is 0 Å². The molecular formula is C6H11BrO4. The fourth-order valence-corrected chi connectivity index (χ4v) is 1.45. The van der Waals surface area contributed by atoms with E-state index in [1.807, 2.05) is 0 Å². The quantitative estimate of drug-likeness (QED) is 0.474. The summed E-state index contributed by atoms with van der Waals surface area (Å²) in [6.07, 6.45) is -3.51. The molecular weight excluding hydrogens is 216 g/mol. The van der Waals surface area contributed by atoms with E-state index >= 15 is 0 Å². The Kier molecular flexibility index (Phi) is 2.88. The molecule has 0 aromatic carbocycles. The van der Waals surface area contributed by atoms with E-state index < -0.39 is 29.4 Å². The van der Waals surface area contributed by atoms with Gasteiger partial charge in [-0.25, -0.2) is 0 Å².